The number of methoxy groups -OCH3 is 1. The largest absolute Gasteiger partial charge is 0.469 e. The van der Waals surface area contributed by atoms with Gasteiger partial charge in [-0.15, -0.1) is 11.8 Å². The summed E-state index contributed by atoms with van der Waals surface area (Å²) in [6.45, 7) is 2.25. The lowest BCUT2D eigenvalue weighted by Crippen LogP contribution is -2.33. The summed E-state index contributed by atoms with van der Waals surface area (Å²) in [4.78, 5) is 23.1. The van der Waals surface area contributed by atoms with E-state index in [1.54, 1.807) is 0 Å². The molecule has 0 heterocycles. The first-order chi connectivity index (χ1) is 15.0. The van der Waals surface area contributed by atoms with Gasteiger partial charge in [0.25, 0.3) is 0 Å². The second kappa shape index (κ2) is 17.1. The maximum atomic E-state index is 11.7. The molecule has 0 aromatic heterocycles. The molecule has 176 valence electrons. The summed E-state index contributed by atoms with van der Waals surface area (Å²) in [6.07, 6.45) is 12.7. The number of unbranched alkanes of at least 4 members (excludes halogenated alkanes) is 9. The van der Waals surface area contributed by atoms with E-state index in [9.17, 15) is 14.7 Å². The molecule has 6 heteroatoms. The number of hydrogen-bond acceptors (Lipinski definition) is 5. The Morgan fingerprint density at radius 3 is 2.16 bits per heavy atom. The summed E-state index contributed by atoms with van der Waals surface area (Å²) in [5.41, 5.74) is 7.46. The molecule has 0 aliphatic carbocycles. The van der Waals surface area contributed by atoms with Crippen molar-refractivity contribution < 1.29 is 19.4 Å². The number of aliphatic hydroxyl groups excluding tert-OH is 1. The highest BCUT2D eigenvalue weighted by atomic mass is 32.2. The Morgan fingerprint density at radius 2 is 1.58 bits per heavy atom. The Labute approximate surface area is 192 Å². The molecule has 1 aromatic rings. The van der Waals surface area contributed by atoms with Gasteiger partial charge in [0.1, 0.15) is 6.10 Å². The molecule has 31 heavy (non-hydrogen) atoms. The third-order valence-electron chi connectivity index (χ3n) is 5.57. The minimum Gasteiger partial charge on any atom is -0.469 e. The number of carbonyl (C=O) groups excluding carboxylic acids is 2. The first-order valence-corrected chi connectivity index (χ1v) is 12.8. The summed E-state index contributed by atoms with van der Waals surface area (Å²) in [7, 11) is 1.35. The molecular formula is C25H41NO4S. The number of primary amides is 1. The van der Waals surface area contributed by atoms with Gasteiger partial charge in [0.05, 0.1) is 18.8 Å². The lowest BCUT2D eigenvalue weighted by molar-refractivity contribution is -0.140. The fourth-order valence-corrected chi connectivity index (χ4v) is 4.98. The van der Waals surface area contributed by atoms with E-state index in [2.05, 4.69) is 17.7 Å². The summed E-state index contributed by atoms with van der Waals surface area (Å²) in [6, 6.07) is 7.92. The zero-order chi connectivity index (χ0) is 22.9. The van der Waals surface area contributed by atoms with Crippen LogP contribution in [0.3, 0.4) is 0 Å². The first-order valence-electron chi connectivity index (χ1n) is 11.7. The number of carbonyl (C=O) groups is 2. The van der Waals surface area contributed by atoms with Crippen molar-refractivity contribution in [3.8, 4) is 0 Å². The number of rotatable bonds is 18. The molecule has 2 unspecified atom stereocenters. The normalized spacial score (nSPS) is 13.0. The van der Waals surface area contributed by atoms with Crippen LogP contribution in [-0.2, 0) is 20.7 Å². The van der Waals surface area contributed by atoms with Crippen LogP contribution in [-0.4, -0.2) is 35.9 Å². The smallest absolute Gasteiger partial charge is 0.306 e. The van der Waals surface area contributed by atoms with E-state index in [0.29, 0.717) is 5.75 Å². The molecule has 0 aliphatic rings. The summed E-state index contributed by atoms with van der Waals surface area (Å²) < 4.78 is 4.68. The lowest BCUT2D eigenvalue weighted by atomic mass is 9.96. The second-order valence-corrected chi connectivity index (χ2v) is 9.34. The van der Waals surface area contributed by atoms with Crippen LogP contribution in [0.1, 0.15) is 93.9 Å². The van der Waals surface area contributed by atoms with Crippen LogP contribution in [0.5, 0.6) is 0 Å². The minimum atomic E-state index is -1.29. The van der Waals surface area contributed by atoms with E-state index in [1.165, 1.54) is 76.7 Å². The molecule has 0 aliphatic heterocycles. The van der Waals surface area contributed by atoms with Crippen LogP contribution in [0, 0.1) is 0 Å². The van der Waals surface area contributed by atoms with Crippen molar-refractivity contribution in [1.29, 1.82) is 0 Å². The second-order valence-electron chi connectivity index (χ2n) is 8.10. The lowest BCUT2D eigenvalue weighted by Gasteiger charge is -2.23. The molecule has 1 rings (SSSR count). The highest BCUT2D eigenvalue weighted by molar-refractivity contribution is 7.99. The topological polar surface area (TPSA) is 89.6 Å². The summed E-state index contributed by atoms with van der Waals surface area (Å²) in [5, 5.41) is 9.94. The molecule has 3 N–H and O–H groups in total. The van der Waals surface area contributed by atoms with Crippen molar-refractivity contribution in [2.45, 2.75) is 95.3 Å². The first kappa shape index (κ1) is 27.5. The number of thioether (sulfide) groups is 1. The van der Waals surface area contributed by atoms with Crippen molar-refractivity contribution in [3.63, 3.8) is 0 Å². The highest BCUT2D eigenvalue weighted by Crippen LogP contribution is 2.35. The standard InChI is InChI=1S/C25H41NO4S/c1-3-4-5-6-7-8-9-10-11-12-15-20-16-13-14-17-21(20)24(23(28)25(26)29)31-19-18-22(27)30-2/h13-14,16-17,23-24,28H,3-12,15,18-19H2,1-2H3,(H2,26,29). The van der Waals surface area contributed by atoms with E-state index in [1.807, 2.05) is 18.2 Å². The van der Waals surface area contributed by atoms with Gasteiger partial charge in [0.15, 0.2) is 0 Å². The molecular weight excluding hydrogens is 410 g/mol. The Balaban J connectivity index is 2.55. The SMILES string of the molecule is CCCCCCCCCCCCc1ccccc1C(SCCC(=O)OC)C(O)C(N)=O. The zero-order valence-electron chi connectivity index (χ0n) is 19.3. The number of amides is 1. The predicted octanol–water partition coefficient (Wildman–Crippen LogP) is 5.33. The van der Waals surface area contributed by atoms with Gasteiger partial charge in [-0.3, -0.25) is 9.59 Å². The van der Waals surface area contributed by atoms with Gasteiger partial charge in [0, 0.05) is 5.75 Å². The number of hydrogen-bond donors (Lipinski definition) is 2. The highest BCUT2D eigenvalue weighted by Gasteiger charge is 2.28. The molecule has 1 aromatic carbocycles. The van der Waals surface area contributed by atoms with Crippen molar-refractivity contribution in [2.24, 2.45) is 5.73 Å². The number of aliphatic hydroxyl groups is 1. The van der Waals surface area contributed by atoms with Gasteiger partial charge < -0.3 is 15.6 Å². The van der Waals surface area contributed by atoms with Crippen molar-refractivity contribution in [3.05, 3.63) is 35.4 Å². The van der Waals surface area contributed by atoms with Gasteiger partial charge in [-0.05, 0) is 24.0 Å². The minimum absolute atomic E-state index is 0.226. The van der Waals surface area contributed by atoms with Crippen molar-refractivity contribution in [2.75, 3.05) is 12.9 Å². The third-order valence-corrected chi connectivity index (χ3v) is 6.88. The van der Waals surface area contributed by atoms with Gasteiger partial charge in [-0.25, -0.2) is 0 Å². The molecule has 0 radical (unpaired) electrons. The maximum Gasteiger partial charge on any atom is 0.306 e. The van der Waals surface area contributed by atoms with Gasteiger partial charge in [-0.1, -0.05) is 89.0 Å². The molecule has 0 spiro atoms. The zero-order valence-corrected chi connectivity index (χ0v) is 20.1. The number of nitrogens with two attached hydrogens (primary N) is 1. The van der Waals surface area contributed by atoms with Crippen LogP contribution >= 0.6 is 11.8 Å². The number of aryl methyl sites for hydroxylation is 1. The molecule has 5 nitrogen and oxygen atoms in total. The molecule has 0 fully saturated rings. The quantitative estimate of drug-likeness (QED) is 0.232. The summed E-state index contributed by atoms with van der Waals surface area (Å²) in [5.74, 6) is -0.600. The third kappa shape index (κ3) is 11.6. The summed E-state index contributed by atoms with van der Waals surface area (Å²) >= 11 is 1.38. The number of benzene rings is 1. The van der Waals surface area contributed by atoms with E-state index in [4.69, 9.17) is 5.73 Å². The average Bonchev–Trinajstić information content (AvgIpc) is 2.77. The van der Waals surface area contributed by atoms with E-state index >= 15 is 0 Å². The molecule has 2 atom stereocenters. The Kier molecular flexibility index (Phi) is 15.2. The van der Waals surface area contributed by atoms with E-state index in [-0.39, 0.29) is 12.4 Å². The van der Waals surface area contributed by atoms with Crippen LogP contribution in [0.15, 0.2) is 24.3 Å². The molecule has 0 bridgehead atoms. The van der Waals surface area contributed by atoms with Gasteiger partial charge in [-0.2, -0.15) is 0 Å². The number of ether oxygens (including phenoxy) is 1. The van der Waals surface area contributed by atoms with Gasteiger partial charge >= 0.3 is 5.97 Å². The fourth-order valence-electron chi connectivity index (χ4n) is 3.71. The molecule has 0 saturated heterocycles. The van der Waals surface area contributed by atoms with E-state index in [0.717, 1.165) is 24.0 Å². The predicted molar refractivity (Wildman–Crippen MR) is 129 cm³/mol. The molecule has 0 saturated carbocycles. The fraction of sp³-hybridized carbons (Fsp3) is 0.680. The average molecular weight is 452 g/mol. The molecule has 1 amide bonds. The monoisotopic (exact) mass is 451 g/mol. The van der Waals surface area contributed by atoms with Crippen LogP contribution in [0.4, 0.5) is 0 Å². The Hall–Kier alpha value is -1.53. The van der Waals surface area contributed by atoms with Crippen molar-refractivity contribution >= 4 is 23.6 Å². The maximum absolute atomic E-state index is 11.7. The van der Waals surface area contributed by atoms with E-state index < -0.39 is 17.3 Å². The van der Waals surface area contributed by atoms with Crippen LogP contribution in [0.25, 0.3) is 0 Å². The number of esters is 1. The van der Waals surface area contributed by atoms with Crippen LogP contribution in [0.2, 0.25) is 0 Å². The van der Waals surface area contributed by atoms with Crippen LogP contribution < -0.4 is 5.73 Å². The van der Waals surface area contributed by atoms with Gasteiger partial charge in [0.2, 0.25) is 5.91 Å². The Bertz CT molecular complexity index is 638. The van der Waals surface area contributed by atoms with Crippen molar-refractivity contribution in [1.82, 2.24) is 0 Å². The Morgan fingerprint density at radius 1 is 1.00 bits per heavy atom.